The number of carbonyl (C=O) groups is 1. The second-order valence-corrected chi connectivity index (χ2v) is 10.7. The number of halogens is 1. The van der Waals surface area contributed by atoms with Gasteiger partial charge in [0.15, 0.2) is 0 Å². The predicted octanol–water partition coefficient (Wildman–Crippen LogP) is 6.81. The first-order valence-corrected chi connectivity index (χ1v) is 14.3. The van der Waals surface area contributed by atoms with Gasteiger partial charge in [0, 0.05) is 64.0 Å². The summed E-state index contributed by atoms with van der Waals surface area (Å²) < 4.78 is 15.1. The summed E-state index contributed by atoms with van der Waals surface area (Å²) in [6.45, 7) is 13.9. The van der Waals surface area contributed by atoms with Crippen LogP contribution in [-0.2, 0) is 0 Å². The van der Waals surface area contributed by atoms with Gasteiger partial charge in [-0.05, 0) is 87.4 Å². The molecular formula is C34H48FN5O. The van der Waals surface area contributed by atoms with Crippen LogP contribution in [0.3, 0.4) is 0 Å². The minimum atomic E-state index is -0.334. The topological polar surface area (TPSA) is 65.7 Å². The van der Waals surface area contributed by atoms with Gasteiger partial charge in [-0.15, -0.1) is 0 Å². The summed E-state index contributed by atoms with van der Waals surface area (Å²) >= 11 is 0. The number of hydrogen-bond donors (Lipinski definition) is 1. The molecule has 2 N–H and O–H groups in total. The Morgan fingerprint density at radius 3 is 2.34 bits per heavy atom. The molecule has 1 amide bonds. The number of nitrogens with zero attached hydrogens (tertiary/aromatic N) is 4. The quantitative estimate of drug-likeness (QED) is 0.359. The van der Waals surface area contributed by atoms with Crippen molar-refractivity contribution in [3.05, 3.63) is 94.2 Å². The summed E-state index contributed by atoms with van der Waals surface area (Å²) in [6.07, 6.45) is 10.9. The van der Waals surface area contributed by atoms with Crippen molar-refractivity contribution >= 4 is 22.7 Å². The zero-order chi connectivity index (χ0) is 30.9. The van der Waals surface area contributed by atoms with Gasteiger partial charge < -0.3 is 15.5 Å². The van der Waals surface area contributed by atoms with Crippen molar-refractivity contribution in [1.29, 1.82) is 0 Å². The molecular weight excluding hydrogens is 513 g/mol. The van der Waals surface area contributed by atoms with Gasteiger partial charge in [-0.2, -0.15) is 0 Å². The fourth-order valence-electron chi connectivity index (χ4n) is 4.83. The Bertz CT molecular complexity index is 1300. The van der Waals surface area contributed by atoms with E-state index in [1.54, 1.807) is 26.4 Å². The number of allylic oxidation sites excluding steroid dienone is 4. The highest BCUT2D eigenvalue weighted by molar-refractivity contribution is 5.94. The van der Waals surface area contributed by atoms with E-state index in [1.165, 1.54) is 16.5 Å². The molecule has 1 aromatic heterocycles. The van der Waals surface area contributed by atoms with E-state index < -0.39 is 0 Å². The van der Waals surface area contributed by atoms with Crippen LogP contribution in [0.1, 0.15) is 68.2 Å². The molecule has 0 radical (unpaired) electrons. The molecule has 0 fully saturated rings. The predicted molar refractivity (Wildman–Crippen MR) is 172 cm³/mol. The van der Waals surface area contributed by atoms with Crippen molar-refractivity contribution in [3.63, 3.8) is 0 Å². The fourth-order valence-corrected chi connectivity index (χ4v) is 4.83. The molecule has 1 aromatic carbocycles. The van der Waals surface area contributed by atoms with E-state index in [4.69, 9.17) is 5.73 Å². The molecule has 1 unspecified atom stereocenters. The number of aryl methyl sites for hydroxylation is 1. The first kappa shape index (κ1) is 33.5. The Morgan fingerprint density at radius 2 is 1.83 bits per heavy atom. The summed E-state index contributed by atoms with van der Waals surface area (Å²) in [5, 5.41) is 0. The molecule has 1 atom stereocenters. The molecule has 1 aliphatic heterocycles. The summed E-state index contributed by atoms with van der Waals surface area (Å²) in [5.41, 5.74) is 13.6. The van der Waals surface area contributed by atoms with Crippen molar-refractivity contribution in [2.45, 2.75) is 54.0 Å². The highest BCUT2D eigenvalue weighted by Crippen LogP contribution is 2.31. The number of hydrogen-bond acceptors (Lipinski definition) is 5. The number of nitrogen functional groups attached to an aromatic ring is 1. The van der Waals surface area contributed by atoms with Gasteiger partial charge in [-0.1, -0.05) is 31.6 Å². The molecule has 0 bridgehead atoms. The van der Waals surface area contributed by atoms with Crippen LogP contribution in [0.5, 0.6) is 0 Å². The van der Waals surface area contributed by atoms with Crippen molar-refractivity contribution in [1.82, 2.24) is 19.7 Å². The van der Waals surface area contributed by atoms with Crippen molar-refractivity contribution < 1.29 is 9.18 Å². The van der Waals surface area contributed by atoms with E-state index in [2.05, 4.69) is 48.9 Å². The van der Waals surface area contributed by atoms with E-state index in [0.717, 1.165) is 47.5 Å². The summed E-state index contributed by atoms with van der Waals surface area (Å²) in [5.74, 6) is -0.528. The lowest BCUT2D eigenvalue weighted by Crippen LogP contribution is -2.37. The molecule has 0 spiro atoms. The number of pyridine rings is 1. The number of benzene rings is 1. The smallest absolute Gasteiger partial charge is 0.253 e. The molecule has 0 saturated heterocycles. The Balaban J connectivity index is 0.00000287. The van der Waals surface area contributed by atoms with Gasteiger partial charge in [0.05, 0.1) is 17.6 Å². The van der Waals surface area contributed by atoms with Crippen LogP contribution >= 0.6 is 0 Å². The third kappa shape index (κ3) is 8.89. The third-order valence-corrected chi connectivity index (χ3v) is 7.18. The average Bonchev–Trinajstić information content (AvgIpc) is 2.94. The second kappa shape index (κ2) is 15.3. The number of anilines is 1. The molecule has 2 heterocycles. The standard InChI is InChI=1S/C32H42FN5O.C2H6/c1-21(17-22(2)28(13-14-36(5)6)30-10-9-27(34)20-35-30)24(4)38-15-11-25(12-16-38)31-23(3)18-26(19-29(31)33)32(39)37(7)8;1-2/h9-11,13-14,17-20,24H,12,15-16,34H2,1-8H3;1-2H3/b14-13-,21-17+,28-22-;. The maximum Gasteiger partial charge on any atom is 0.253 e. The maximum absolute atomic E-state index is 15.1. The number of aromatic nitrogens is 1. The van der Waals surface area contributed by atoms with Crippen LogP contribution in [0.4, 0.5) is 10.1 Å². The van der Waals surface area contributed by atoms with E-state index in [0.29, 0.717) is 16.8 Å². The van der Waals surface area contributed by atoms with Crippen LogP contribution in [-0.4, -0.2) is 72.9 Å². The van der Waals surface area contributed by atoms with Crippen molar-refractivity contribution in [3.8, 4) is 0 Å². The lowest BCUT2D eigenvalue weighted by molar-refractivity contribution is 0.0827. The largest absolute Gasteiger partial charge is 0.397 e. The molecule has 7 heteroatoms. The van der Waals surface area contributed by atoms with Gasteiger partial charge in [-0.3, -0.25) is 14.7 Å². The molecule has 1 aliphatic rings. The van der Waals surface area contributed by atoms with Crippen molar-refractivity contribution in [2.24, 2.45) is 0 Å². The van der Waals surface area contributed by atoms with E-state index in [-0.39, 0.29) is 17.8 Å². The number of amides is 1. The van der Waals surface area contributed by atoms with Crippen LogP contribution in [0.15, 0.2) is 66.0 Å². The van der Waals surface area contributed by atoms with Gasteiger partial charge in [0.25, 0.3) is 5.91 Å². The average molecular weight is 562 g/mol. The minimum Gasteiger partial charge on any atom is -0.397 e. The van der Waals surface area contributed by atoms with Crippen LogP contribution in [0.2, 0.25) is 0 Å². The van der Waals surface area contributed by atoms with Gasteiger partial charge in [0.1, 0.15) is 5.82 Å². The van der Waals surface area contributed by atoms with E-state index in [1.807, 2.05) is 58.1 Å². The molecule has 0 aliphatic carbocycles. The minimum absolute atomic E-state index is 0.194. The van der Waals surface area contributed by atoms with Gasteiger partial charge in [0.2, 0.25) is 0 Å². The number of rotatable bonds is 8. The van der Waals surface area contributed by atoms with Gasteiger partial charge >= 0.3 is 0 Å². The van der Waals surface area contributed by atoms with Crippen LogP contribution in [0.25, 0.3) is 11.1 Å². The first-order chi connectivity index (χ1) is 19.4. The normalized spacial score (nSPS) is 15.5. The molecule has 0 saturated carbocycles. The van der Waals surface area contributed by atoms with E-state index >= 15 is 4.39 Å². The molecule has 3 rings (SSSR count). The fraction of sp³-hybridized carbons (Fsp3) is 0.412. The Labute approximate surface area is 246 Å². The van der Waals surface area contributed by atoms with Crippen molar-refractivity contribution in [2.75, 3.05) is 47.0 Å². The third-order valence-electron chi connectivity index (χ3n) is 7.18. The zero-order valence-corrected chi connectivity index (χ0v) is 26.5. The number of carbonyl (C=O) groups excluding carboxylic acids is 1. The molecule has 41 heavy (non-hydrogen) atoms. The Kier molecular flexibility index (Phi) is 12.5. The Hall–Kier alpha value is -3.71. The van der Waals surface area contributed by atoms with Crippen LogP contribution < -0.4 is 5.73 Å². The SMILES string of the molecule is CC.CC(/C=C(\C)C(C)N1CC=C(c2c(C)cc(C(=O)N(C)C)cc2F)CC1)=C(\C=C/N(C)C)c1ccc(N)cn1. The Morgan fingerprint density at radius 1 is 1.15 bits per heavy atom. The summed E-state index contributed by atoms with van der Waals surface area (Å²) in [6, 6.07) is 7.18. The summed E-state index contributed by atoms with van der Waals surface area (Å²) in [4.78, 5) is 22.7. The lowest BCUT2D eigenvalue weighted by atomic mass is 9.92. The van der Waals surface area contributed by atoms with E-state index in [9.17, 15) is 4.79 Å². The van der Waals surface area contributed by atoms with Crippen LogP contribution in [0, 0.1) is 12.7 Å². The molecule has 6 nitrogen and oxygen atoms in total. The highest BCUT2D eigenvalue weighted by Gasteiger charge is 2.23. The molecule has 2 aromatic rings. The second-order valence-electron chi connectivity index (χ2n) is 10.7. The lowest BCUT2D eigenvalue weighted by Gasteiger charge is -2.33. The molecule has 222 valence electrons. The zero-order valence-electron chi connectivity index (χ0n) is 26.5. The number of nitrogens with two attached hydrogens (primary N) is 1. The summed E-state index contributed by atoms with van der Waals surface area (Å²) in [7, 11) is 7.33. The monoisotopic (exact) mass is 561 g/mol. The van der Waals surface area contributed by atoms with Gasteiger partial charge in [-0.25, -0.2) is 4.39 Å². The first-order valence-electron chi connectivity index (χ1n) is 14.3. The highest BCUT2D eigenvalue weighted by atomic mass is 19.1. The maximum atomic E-state index is 15.1.